The van der Waals surface area contributed by atoms with Crippen LogP contribution in [0.1, 0.15) is 151 Å². The Bertz CT molecular complexity index is 346. The van der Waals surface area contributed by atoms with E-state index in [9.17, 15) is 0 Å². The van der Waals surface area contributed by atoms with Crippen LogP contribution in [0.25, 0.3) is 0 Å². The Balaban J connectivity index is 4.29. The molecule has 0 amide bonds. The standard InChI is InChI=1S/C30H63N/c1-8-13-14-15-16-17-18-24-31(23-11-4)25-19-22-27(6)30(12-5)28(7)26-29(20-9-2)21-10-3/h27-30H,8-26H2,1-7H3. The van der Waals surface area contributed by atoms with Gasteiger partial charge in [-0.1, -0.05) is 119 Å². The van der Waals surface area contributed by atoms with Gasteiger partial charge < -0.3 is 4.90 Å². The molecule has 0 bridgehead atoms. The Kier molecular flexibility index (Phi) is 21.8. The minimum atomic E-state index is 0.881. The quantitative estimate of drug-likeness (QED) is 0.144. The van der Waals surface area contributed by atoms with E-state index in [-0.39, 0.29) is 0 Å². The largest absolute Gasteiger partial charge is 0.303 e. The molecule has 0 saturated carbocycles. The third-order valence-electron chi connectivity index (χ3n) is 7.78. The van der Waals surface area contributed by atoms with Gasteiger partial charge in [-0.05, 0) is 75.4 Å². The van der Waals surface area contributed by atoms with Crippen molar-refractivity contribution in [2.75, 3.05) is 19.6 Å². The lowest BCUT2D eigenvalue weighted by molar-refractivity contribution is 0.183. The molecule has 0 aromatic heterocycles. The summed E-state index contributed by atoms with van der Waals surface area (Å²) in [4.78, 5) is 2.77. The first-order valence-electron chi connectivity index (χ1n) is 14.8. The molecule has 1 heteroatoms. The molecule has 0 aliphatic carbocycles. The molecule has 0 heterocycles. The summed E-state index contributed by atoms with van der Waals surface area (Å²) in [6, 6.07) is 0. The van der Waals surface area contributed by atoms with Gasteiger partial charge in [0, 0.05) is 0 Å². The lowest BCUT2D eigenvalue weighted by Gasteiger charge is -2.32. The van der Waals surface area contributed by atoms with Gasteiger partial charge in [0.2, 0.25) is 0 Å². The summed E-state index contributed by atoms with van der Waals surface area (Å²) >= 11 is 0. The van der Waals surface area contributed by atoms with E-state index >= 15 is 0 Å². The Morgan fingerprint density at radius 2 is 1.10 bits per heavy atom. The Morgan fingerprint density at radius 3 is 1.65 bits per heavy atom. The maximum absolute atomic E-state index is 2.77. The molecular formula is C30H63N. The highest BCUT2D eigenvalue weighted by atomic mass is 15.1. The van der Waals surface area contributed by atoms with Gasteiger partial charge in [0.15, 0.2) is 0 Å². The van der Waals surface area contributed by atoms with Crippen molar-refractivity contribution < 1.29 is 0 Å². The van der Waals surface area contributed by atoms with E-state index in [0.29, 0.717) is 0 Å². The SMILES string of the molecule is CCCCCCCCCN(CCC)CCCC(C)C(CC)C(C)CC(CCC)CCC. The first-order chi connectivity index (χ1) is 15.0. The lowest BCUT2D eigenvalue weighted by Crippen LogP contribution is -2.28. The second-order valence-electron chi connectivity index (χ2n) is 10.8. The summed E-state index contributed by atoms with van der Waals surface area (Å²) < 4.78 is 0. The van der Waals surface area contributed by atoms with E-state index in [1.807, 2.05) is 0 Å². The monoisotopic (exact) mass is 437 g/mol. The van der Waals surface area contributed by atoms with Crippen molar-refractivity contribution >= 4 is 0 Å². The van der Waals surface area contributed by atoms with Gasteiger partial charge in [-0.25, -0.2) is 0 Å². The fraction of sp³-hybridized carbons (Fsp3) is 1.00. The van der Waals surface area contributed by atoms with Crippen molar-refractivity contribution in [2.24, 2.45) is 23.7 Å². The van der Waals surface area contributed by atoms with Gasteiger partial charge in [-0.15, -0.1) is 0 Å². The second-order valence-corrected chi connectivity index (χ2v) is 10.8. The minimum Gasteiger partial charge on any atom is -0.303 e. The number of unbranched alkanes of at least 4 members (excludes halogenated alkanes) is 6. The van der Waals surface area contributed by atoms with Crippen LogP contribution in [0.2, 0.25) is 0 Å². The molecule has 3 atom stereocenters. The van der Waals surface area contributed by atoms with Crippen LogP contribution in [-0.2, 0) is 0 Å². The predicted octanol–water partition coefficient (Wildman–Crippen LogP) is 10.1. The number of hydrogen-bond donors (Lipinski definition) is 0. The molecule has 0 spiro atoms. The molecule has 0 aromatic carbocycles. The zero-order chi connectivity index (χ0) is 23.3. The molecule has 0 saturated heterocycles. The molecule has 3 unspecified atom stereocenters. The normalized spacial score (nSPS) is 15.0. The van der Waals surface area contributed by atoms with Crippen LogP contribution in [0, 0.1) is 23.7 Å². The van der Waals surface area contributed by atoms with Gasteiger partial charge in [0.25, 0.3) is 0 Å². The third kappa shape index (κ3) is 16.3. The zero-order valence-corrected chi connectivity index (χ0v) is 23.2. The van der Waals surface area contributed by atoms with Gasteiger partial charge in [-0.3, -0.25) is 0 Å². The summed E-state index contributed by atoms with van der Waals surface area (Å²) in [5, 5.41) is 0. The molecule has 0 rings (SSSR count). The van der Waals surface area contributed by atoms with Crippen molar-refractivity contribution in [1.82, 2.24) is 4.90 Å². The highest BCUT2D eigenvalue weighted by Gasteiger charge is 2.24. The van der Waals surface area contributed by atoms with Gasteiger partial charge in [0.05, 0.1) is 0 Å². The maximum atomic E-state index is 2.77. The van der Waals surface area contributed by atoms with Crippen LogP contribution >= 0.6 is 0 Å². The van der Waals surface area contributed by atoms with Crippen LogP contribution in [0.15, 0.2) is 0 Å². The van der Waals surface area contributed by atoms with Crippen molar-refractivity contribution in [2.45, 2.75) is 151 Å². The lowest BCUT2D eigenvalue weighted by atomic mass is 9.74. The van der Waals surface area contributed by atoms with Crippen molar-refractivity contribution in [1.29, 1.82) is 0 Å². The fourth-order valence-electron chi connectivity index (χ4n) is 6.06. The third-order valence-corrected chi connectivity index (χ3v) is 7.78. The molecule has 188 valence electrons. The van der Waals surface area contributed by atoms with Crippen molar-refractivity contribution in [3.05, 3.63) is 0 Å². The van der Waals surface area contributed by atoms with E-state index in [0.717, 1.165) is 23.7 Å². The molecule has 0 aliphatic rings. The van der Waals surface area contributed by atoms with E-state index in [1.165, 1.54) is 122 Å². The average Bonchev–Trinajstić information content (AvgIpc) is 2.74. The average molecular weight is 438 g/mol. The summed E-state index contributed by atoms with van der Waals surface area (Å²) in [5.74, 6) is 3.65. The van der Waals surface area contributed by atoms with Gasteiger partial charge in [-0.2, -0.15) is 0 Å². The number of rotatable bonds is 23. The molecule has 0 fully saturated rings. The summed E-state index contributed by atoms with van der Waals surface area (Å²) in [6.45, 7) is 20.9. The molecule has 0 radical (unpaired) electrons. The number of nitrogens with zero attached hydrogens (tertiary/aromatic N) is 1. The van der Waals surface area contributed by atoms with E-state index in [1.54, 1.807) is 0 Å². The second kappa shape index (κ2) is 21.8. The van der Waals surface area contributed by atoms with Gasteiger partial charge in [0.1, 0.15) is 0 Å². The fourth-order valence-corrected chi connectivity index (χ4v) is 6.06. The molecule has 31 heavy (non-hydrogen) atoms. The molecule has 0 aliphatic heterocycles. The topological polar surface area (TPSA) is 3.24 Å². The highest BCUT2D eigenvalue weighted by Crippen LogP contribution is 2.34. The van der Waals surface area contributed by atoms with E-state index in [4.69, 9.17) is 0 Å². The number of hydrogen-bond acceptors (Lipinski definition) is 1. The van der Waals surface area contributed by atoms with Crippen LogP contribution in [0.4, 0.5) is 0 Å². The highest BCUT2D eigenvalue weighted by molar-refractivity contribution is 4.75. The molecule has 0 aromatic rings. The molecule has 1 nitrogen and oxygen atoms in total. The summed E-state index contributed by atoms with van der Waals surface area (Å²) in [5.41, 5.74) is 0. The molecular weight excluding hydrogens is 374 g/mol. The minimum absolute atomic E-state index is 0.881. The summed E-state index contributed by atoms with van der Waals surface area (Å²) in [6.07, 6.45) is 22.5. The first kappa shape index (κ1) is 31.0. The summed E-state index contributed by atoms with van der Waals surface area (Å²) in [7, 11) is 0. The van der Waals surface area contributed by atoms with Crippen LogP contribution in [0.5, 0.6) is 0 Å². The Hall–Kier alpha value is -0.0400. The molecule has 0 N–H and O–H groups in total. The van der Waals surface area contributed by atoms with Crippen LogP contribution < -0.4 is 0 Å². The zero-order valence-electron chi connectivity index (χ0n) is 23.2. The smallest absolute Gasteiger partial charge is 0.00186 e. The first-order valence-corrected chi connectivity index (χ1v) is 14.8. The van der Waals surface area contributed by atoms with E-state index < -0.39 is 0 Å². The van der Waals surface area contributed by atoms with Crippen molar-refractivity contribution in [3.63, 3.8) is 0 Å². The Morgan fingerprint density at radius 1 is 0.516 bits per heavy atom. The predicted molar refractivity (Wildman–Crippen MR) is 144 cm³/mol. The van der Waals surface area contributed by atoms with Gasteiger partial charge >= 0.3 is 0 Å². The maximum Gasteiger partial charge on any atom is -0.00186 e. The van der Waals surface area contributed by atoms with Crippen molar-refractivity contribution in [3.8, 4) is 0 Å². The van der Waals surface area contributed by atoms with E-state index in [2.05, 4.69) is 53.4 Å². The Labute approximate surface area is 199 Å². The van der Waals surface area contributed by atoms with Crippen LogP contribution in [0.3, 0.4) is 0 Å². The van der Waals surface area contributed by atoms with Crippen LogP contribution in [-0.4, -0.2) is 24.5 Å².